The predicted octanol–water partition coefficient (Wildman–Crippen LogP) is 3.12. The van der Waals surface area contributed by atoms with Crippen LogP contribution in [0.3, 0.4) is 0 Å². The first-order valence-electron chi connectivity index (χ1n) is 10.6. The standard InChI is InChI=1S/C21H29FN2O5S/c22-19-12-11-17(30(23,27)28)13-18(19)21(26)29-14-20(25)24(15-7-3-1-4-8-15)16-9-5-2-6-10-16/h11-13,15-16H,1-10,14H2,(H2,23,27,28). The van der Waals surface area contributed by atoms with Crippen molar-refractivity contribution in [3.63, 3.8) is 0 Å². The third-order valence-electron chi connectivity index (χ3n) is 6.04. The fourth-order valence-electron chi connectivity index (χ4n) is 4.54. The molecule has 0 unspecified atom stereocenters. The van der Waals surface area contributed by atoms with E-state index < -0.39 is 38.9 Å². The lowest BCUT2D eigenvalue weighted by Gasteiger charge is -2.41. The Kier molecular flexibility index (Phi) is 7.46. The van der Waals surface area contributed by atoms with Crippen molar-refractivity contribution < 1.29 is 27.1 Å². The van der Waals surface area contributed by atoms with Gasteiger partial charge in [0.05, 0.1) is 10.5 Å². The minimum atomic E-state index is -4.10. The van der Waals surface area contributed by atoms with Crippen molar-refractivity contribution in [3.05, 3.63) is 29.6 Å². The van der Waals surface area contributed by atoms with Gasteiger partial charge in [-0.3, -0.25) is 4.79 Å². The van der Waals surface area contributed by atoms with E-state index in [9.17, 15) is 22.4 Å². The molecule has 9 heteroatoms. The zero-order valence-electron chi connectivity index (χ0n) is 17.0. The Balaban J connectivity index is 1.70. The summed E-state index contributed by atoms with van der Waals surface area (Å²) in [6.45, 7) is -0.495. The number of ether oxygens (including phenoxy) is 1. The van der Waals surface area contributed by atoms with Gasteiger partial charge in [-0.15, -0.1) is 0 Å². The molecule has 2 fully saturated rings. The molecule has 7 nitrogen and oxygen atoms in total. The van der Waals surface area contributed by atoms with Crippen molar-refractivity contribution in [2.24, 2.45) is 5.14 Å². The van der Waals surface area contributed by atoms with Crippen molar-refractivity contribution in [3.8, 4) is 0 Å². The molecule has 0 atom stereocenters. The van der Waals surface area contributed by atoms with Gasteiger partial charge >= 0.3 is 5.97 Å². The number of amides is 1. The molecule has 166 valence electrons. The molecule has 0 aromatic heterocycles. The minimum absolute atomic E-state index is 0.149. The van der Waals surface area contributed by atoms with E-state index in [1.54, 1.807) is 0 Å². The van der Waals surface area contributed by atoms with E-state index >= 15 is 0 Å². The zero-order valence-corrected chi connectivity index (χ0v) is 17.8. The van der Waals surface area contributed by atoms with Crippen LogP contribution in [-0.2, 0) is 19.6 Å². The molecule has 0 aliphatic heterocycles. The number of hydrogen-bond acceptors (Lipinski definition) is 5. The number of esters is 1. The lowest BCUT2D eigenvalue weighted by atomic mass is 9.88. The second-order valence-corrected chi connectivity index (χ2v) is 9.71. The second kappa shape index (κ2) is 9.87. The maximum Gasteiger partial charge on any atom is 0.341 e. The summed E-state index contributed by atoms with van der Waals surface area (Å²) < 4.78 is 42.1. The van der Waals surface area contributed by atoms with Gasteiger partial charge in [-0.25, -0.2) is 22.7 Å². The van der Waals surface area contributed by atoms with Crippen LogP contribution in [0.25, 0.3) is 0 Å². The van der Waals surface area contributed by atoms with E-state index in [4.69, 9.17) is 9.88 Å². The molecule has 1 aromatic carbocycles. The molecule has 0 heterocycles. The van der Waals surface area contributed by atoms with Gasteiger partial charge in [0.15, 0.2) is 6.61 Å². The monoisotopic (exact) mass is 440 g/mol. The van der Waals surface area contributed by atoms with E-state index in [1.807, 2.05) is 4.90 Å². The third-order valence-corrected chi connectivity index (χ3v) is 6.95. The first kappa shape index (κ1) is 22.7. The Morgan fingerprint density at radius 2 is 1.53 bits per heavy atom. The van der Waals surface area contributed by atoms with Crippen LogP contribution in [0.1, 0.15) is 74.6 Å². The highest BCUT2D eigenvalue weighted by Crippen LogP contribution is 2.30. The highest BCUT2D eigenvalue weighted by atomic mass is 32.2. The Hall–Kier alpha value is -2.00. The Labute approximate surface area is 176 Å². The normalized spacial score (nSPS) is 18.7. The van der Waals surface area contributed by atoms with Crippen molar-refractivity contribution in [2.75, 3.05) is 6.61 Å². The summed E-state index contributed by atoms with van der Waals surface area (Å²) in [6.07, 6.45) is 10.4. The number of nitrogens with two attached hydrogens (primary N) is 1. The van der Waals surface area contributed by atoms with E-state index in [2.05, 4.69) is 0 Å². The zero-order chi connectivity index (χ0) is 21.7. The molecule has 0 spiro atoms. The van der Waals surface area contributed by atoms with Gasteiger partial charge < -0.3 is 9.64 Å². The number of hydrogen-bond donors (Lipinski definition) is 1. The van der Waals surface area contributed by atoms with Gasteiger partial charge in [-0.2, -0.15) is 0 Å². The van der Waals surface area contributed by atoms with E-state index in [-0.39, 0.29) is 18.0 Å². The summed E-state index contributed by atoms with van der Waals surface area (Å²) >= 11 is 0. The number of benzene rings is 1. The van der Waals surface area contributed by atoms with Crippen LogP contribution in [-0.4, -0.2) is 43.9 Å². The lowest BCUT2D eigenvalue weighted by Crippen LogP contribution is -2.50. The van der Waals surface area contributed by atoms with Crippen molar-refractivity contribution >= 4 is 21.9 Å². The summed E-state index contributed by atoms with van der Waals surface area (Å²) in [5.41, 5.74) is -0.559. The van der Waals surface area contributed by atoms with Crippen LogP contribution in [0.5, 0.6) is 0 Å². The van der Waals surface area contributed by atoms with Crippen molar-refractivity contribution in [2.45, 2.75) is 81.2 Å². The number of carbonyl (C=O) groups is 2. The van der Waals surface area contributed by atoms with E-state index in [1.165, 1.54) is 0 Å². The number of rotatable bonds is 6. The molecule has 0 saturated heterocycles. The number of halogens is 1. The predicted molar refractivity (Wildman–Crippen MR) is 109 cm³/mol. The molecule has 2 saturated carbocycles. The maximum atomic E-state index is 14.0. The van der Waals surface area contributed by atoms with Crippen LogP contribution in [0.4, 0.5) is 4.39 Å². The number of carbonyl (C=O) groups excluding carboxylic acids is 2. The second-order valence-electron chi connectivity index (χ2n) is 8.15. The molecule has 0 radical (unpaired) electrons. The van der Waals surface area contributed by atoms with Crippen molar-refractivity contribution in [1.29, 1.82) is 0 Å². The quantitative estimate of drug-likeness (QED) is 0.684. The fourth-order valence-corrected chi connectivity index (χ4v) is 5.08. The molecular formula is C21H29FN2O5S. The molecule has 30 heavy (non-hydrogen) atoms. The lowest BCUT2D eigenvalue weighted by molar-refractivity contribution is -0.141. The average Bonchev–Trinajstić information content (AvgIpc) is 2.73. The molecule has 2 aliphatic rings. The highest BCUT2D eigenvalue weighted by molar-refractivity contribution is 7.89. The number of nitrogens with zero attached hydrogens (tertiary/aromatic N) is 1. The molecule has 0 bridgehead atoms. The highest BCUT2D eigenvalue weighted by Gasteiger charge is 2.33. The molecular weight excluding hydrogens is 411 g/mol. The first-order chi connectivity index (χ1) is 14.3. The van der Waals surface area contributed by atoms with Crippen LogP contribution in [0.2, 0.25) is 0 Å². The van der Waals surface area contributed by atoms with Gasteiger partial charge in [0.2, 0.25) is 10.0 Å². The topological polar surface area (TPSA) is 107 Å². The fraction of sp³-hybridized carbons (Fsp3) is 0.619. The summed E-state index contributed by atoms with van der Waals surface area (Å²) in [6, 6.07) is 2.94. The van der Waals surface area contributed by atoms with Crippen LogP contribution < -0.4 is 5.14 Å². The van der Waals surface area contributed by atoms with Crippen LogP contribution in [0.15, 0.2) is 23.1 Å². The molecule has 1 aromatic rings. The van der Waals surface area contributed by atoms with Gasteiger partial charge in [-0.1, -0.05) is 38.5 Å². The van der Waals surface area contributed by atoms with Crippen molar-refractivity contribution in [1.82, 2.24) is 4.90 Å². The van der Waals surface area contributed by atoms with Gasteiger partial charge in [-0.05, 0) is 43.9 Å². The Morgan fingerprint density at radius 3 is 2.03 bits per heavy atom. The van der Waals surface area contributed by atoms with Crippen LogP contribution in [0, 0.1) is 5.82 Å². The molecule has 2 N–H and O–H groups in total. The van der Waals surface area contributed by atoms with Gasteiger partial charge in [0.25, 0.3) is 5.91 Å². The van der Waals surface area contributed by atoms with Gasteiger partial charge in [0, 0.05) is 12.1 Å². The molecule has 2 aliphatic carbocycles. The minimum Gasteiger partial charge on any atom is -0.452 e. The summed E-state index contributed by atoms with van der Waals surface area (Å²) in [5.74, 6) is -2.29. The molecule has 1 amide bonds. The molecule has 3 rings (SSSR count). The largest absolute Gasteiger partial charge is 0.452 e. The van der Waals surface area contributed by atoms with E-state index in [0.29, 0.717) is 0 Å². The average molecular weight is 441 g/mol. The Morgan fingerprint density at radius 1 is 1.00 bits per heavy atom. The SMILES string of the molecule is NS(=O)(=O)c1ccc(F)c(C(=O)OCC(=O)N(C2CCCCC2)C2CCCCC2)c1. The number of primary sulfonamides is 1. The summed E-state index contributed by atoms with van der Waals surface area (Å²) in [5, 5.41) is 5.04. The first-order valence-corrected chi connectivity index (χ1v) is 12.1. The smallest absolute Gasteiger partial charge is 0.341 e. The van der Waals surface area contributed by atoms with Gasteiger partial charge in [0.1, 0.15) is 5.82 Å². The summed E-state index contributed by atoms with van der Waals surface area (Å²) in [4.78, 5) is 26.9. The third kappa shape index (κ3) is 5.57. The van der Waals surface area contributed by atoms with E-state index in [0.717, 1.165) is 82.4 Å². The number of sulfonamides is 1. The summed E-state index contributed by atoms with van der Waals surface area (Å²) in [7, 11) is -4.10. The van der Waals surface area contributed by atoms with Crippen LogP contribution >= 0.6 is 0 Å². The Bertz CT molecular complexity index is 859. The maximum absolute atomic E-state index is 14.0.